The Morgan fingerprint density at radius 2 is 2.12 bits per heavy atom. The Morgan fingerprint density at radius 3 is 2.92 bits per heavy atom. The summed E-state index contributed by atoms with van der Waals surface area (Å²) >= 11 is 0. The van der Waals surface area contributed by atoms with E-state index in [1.807, 2.05) is 9.80 Å². The molecule has 142 valence electrons. The van der Waals surface area contributed by atoms with Crippen LogP contribution in [-0.2, 0) is 17.8 Å². The summed E-state index contributed by atoms with van der Waals surface area (Å²) in [5.74, 6) is 0.236. The van der Waals surface area contributed by atoms with Crippen LogP contribution in [0.3, 0.4) is 0 Å². The molecule has 0 unspecified atom stereocenters. The summed E-state index contributed by atoms with van der Waals surface area (Å²) in [6.45, 7) is 6.74. The number of hydrogen-bond donors (Lipinski definition) is 1. The average Bonchev–Trinajstić information content (AvgIpc) is 3.24. The molecular formula is C19H29N5O2. The van der Waals surface area contributed by atoms with Crippen LogP contribution in [0.5, 0.6) is 0 Å². The third-order valence-corrected chi connectivity index (χ3v) is 6.29. The van der Waals surface area contributed by atoms with Gasteiger partial charge in [0, 0.05) is 56.9 Å². The van der Waals surface area contributed by atoms with E-state index in [0.29, 0.717) is 18.8 Å². The Labute approximate surface area is 154 Å². The van der Waals surface area contributed by atoms with Gasteiger partial charge in [-0.15, -0.1) is 0 Å². The molecule has 1 aromatic rings. The lowest BCUT2D eigenvalue weighted by Gasteiger charge is -2.39. The zero-order valence-corrected chi connectivity index (χ0v) is 15.9. The number of aromatic nitrogens is 2. The monoisotopic (exact) mass is 359 g/mol. The number of carbonyl (C=O) groups excluding carboxylic acids is 2. The van der Waals surface area contributed by atoms with E-state index in [9.17, 15) is 9.59 Å². The van der Waals surface area contributed by atoms with Crippen molar-refractivity contribution in [1.82, 2.24) is 24.9 Å². The van der Waals surface area contributed by atoms with E-state index in [0.717, 1.165) is 69.5 Å². The lowest BCUT2D eigenvalue weighted by molar-refractivity contribution is -0.145. The summed E-state index contributed by atoms with van der Waals surface area (Å²) in [5.41, 5.74) is 2.31. The van der Waals surface area contributed by atoms with Crippen molar-refractivity contribution >= 4 is 11.8 Å². The molecule has 1 atom stereocenters. The van der Waals surface area contributed by atoms with E-state index in [4.69, 9.17) is 0 Å². The highest BCUT2D eigenvalue weighted by Crippen LogP contribution is 2.40. The highest BCUT2D eigenvalue weighted by Gasteiger charge is 2.49. The van der Waals surface area contributed by atoms with Crippen LogP contribution in [0.2, 0.25) is 0 Å². The predicted octanol–water partition coefficient (Wildman–Crippen LogP) is 1.26. The number of carbonyl (C=O) groups is 2. The number of piperidine rings is 1. The Kier molecular flexibility index (Phi) is 4.50. The van der Waals surface area contributed by atoms with Gasteiger partial charge in [-0.1, -0.05) is 6.92 Å². The van der Waals surface area contributed by atoms with Crippen molar-refractivity contribution < 1.29 is 9.59 Å². The largest absolute Gasteiger partial charge is 0.342 e. The molecule has 3 aliphatic heterocycles. The molecule has 0 aliphatic carbocycles. The smallest absolute Gasteiger partial charge is 0.274 e. The minimum absolute atomic E-state index is 0.0184. The fraction of sp³-hybridized carbons (Fsp3) is 0.737. The zero-order chi connectivity index (χ0) is 18.3. The SMILES string of the molecule is CCCN1CCC[C@]2(CCN(C(=O)c3n[nH]c4c3CN(C)CC4)C2)C1=O. The molecule has 0 saturated carbocycles. The maximum atomic E-state index is 13.1. The first-order chi connectivity index (χ1) is 12.5. The number of hydrogen-bond acceptors (Lipinski definition) is 4. The van der Waals surface area contributed by atoms with Crippen LogP contribution >= 0.6 is 0 Å². The van der Waals surface area contributed by atoms with Gasteiger partial charge in [-0.3, -0.25) is 14.7 Å². The van der Waals surface area contributed by atoms with Gasteiger partial charge >= 0.3 is 0 Å². The topological polar surface area (TPSA) is 72.5 Å². The van der Waals surface area contributed by atoms with E-state index in [2.05, 4.69) is 29.1 Å². The van der Waals surface area contributed by atoms with Crippen LogP contribution in [0.25, 0.3) is 0 Å². The molecule has 2 fully saturated rings. The quantitative estimate of drug-likeness (QED) is 0.882. The first-order valence-corrected chi connectivity index (χ1v) is 9.87. The van der Waals surface area contributed by atoms with Crippen molar-refractivity contribution in [2.24, 2.45) is 5.41 Å². The maximum Gasteiger partial charge on any atom is 0.274 e. The van der Waals surface area contributed by atoms with E-state index < -0.39 is 0 Å². The average molecular weight is 359 g/mol. The molecule has 0 radical (unpaired) electrons. The summed E-state index contributed by atoms with van der Waals surface area (Å²) in [5, 5.41) is 7.39. The Bertz CT molecular complexity index is 713. The highest BCUT2D eigenvalue weighted by atomic mass is 16.2. The van der Waals surface area contributed by atoms with E-state index in [-0.39, 0.29) is 17.2 Å². The van der Waals surface area contributed by atoms with E-state index >= 15 is 0 Å². The summed E-state index contributed by atoms with van der Waals surface area (Å²) in [4.78, 5) is 32.2. The summed E-state index contributed by atoms with van der Waals surface area (Å²) in [6.07, 6.45) is 4.61. The maximum absolute atomic E-state index is 13.1. The third kappa shape index (κ3) is 2.82. The van der Waals surface area contributed by atoms with Gasteiger partial charge in [0.25, 0.3) is 5.91 Å². The number of amides is 2. The van der Waals surface area contributed by atoms with Crippen molar-refractivity contribution in [1.29, 1.82) is 0 Å². The van der Waals surface area contributed by atoms with Gasteiger partial charge in [0.05, 0.1) is 5.41 Å². The van der Waals surface area contributed by atoms with Crippen molar-refractivity contribution in [3.63, 3.8) is 0 Å². The molecule has 0 bridgehead atoms. The summed E-state index contributed by atoms with van der Waals surface area (Å²) in [7, 11) is 2.07. The van der Waals surface area contributed by atoms with Crippen LogP contribution in [0.4, 0.5) is 0 Å². The van der Waals surface area contributed by atoms with Crippen molar-refractivity contribution in [2.45, 2.75) is 45.6 Å². The Balaban J connectivity index is 1.51. The minimum Gasteiger partial charge on any atom is -0.342 e. The molecule has 2 amide bonds. The van der Waals surface area contributed by atoms with Gasteiger partial charge in [0.15, 0.2) is 5.69 Å². The standard InChI is InChI=1S/C19H29N5O2/c1-3-8-23-9-4-6-19(18(23)26)7-11-24(13-19)17(25)16-14-12-22(2)10-5-15(14)20-21-16/h3-13H2,1-2H3,(H,20,21)/t19-/m1/s1. The fourth-order valence-corrected chi connectivity index (χ4v) is 4.82. The molecule has 4 heterocycles. The van der Waals surface area contributed by atoms with Crippen LogP contribution < -0.4 is 0 Å². The fourth-order valence-electron chi connectivity index (χ4n) is 4.82. The number of rotatable bonds is 3. The molecule has 0 aromatic carbocycles. The zero-order valence-electron chi connectivity index (χ0n) is 15.9. The lowest BCUT2D eigenvalue weighted by atomic mass is 9.78. The van der Waals surface area contributed by atoms with Gasteiger partial charge in [-0.05, 0) is 32.7 Å². The molecule has 1 aromatic heterocycles. The first kappa shape index (κ1) is 17.5. The number of H-pyrrole nitrogens is 1. The Morgan fingerprint density at radius 1 is 1.27 bits per heavy atom. The number of likely N-dealkylation sites (tertiary alicyclic amines) is 2. The number of nitrogens with one attached hydrogen (secondary N) is 1. The van der Waals surface area contributed by atoms with Crippen molar-refractivity contribution in [3.8, 4) is 0 Å². The van der Waals surface area contributed by atoms with Gasteiger partial charge in [-0.25, -0.2) is 0 Å². The van der Waals surface area contributed by atoms with E-state index in [1.165, 1.54) is 0 Å². The Hall–Kier alpha value is -1.89. The molecule has 7 heteroatoms. The van der Waals surface area contributed by atoms with Gasteiger partial charge in [0.1, 0.15) is 0 Å². The van der Waals surface area contributed by atoms with Gasteiger partial charge in [0.2, 0.25) is 5.91 Å². The molecular weight excluding hydrogens is 330 g/mol. The van der Waals surface area contributed by atoms with Gasteiger partial charge in [-0.2, -0.15) is 5.10 Å². The second kappa shape index (κ2) is 6.68. The molecule has 3 aliphatic rings. The minimum atomic E-state index is -0.365. The number of fused-ring (bicyclic) bond motifs is 1. The van der Waals surface area contributed by atoms with E-state index in [1.54, 1.807) is 0 Å². The lowest BCUT2D eigenvalue weighted by Crippen LogP contribution is -2.50. The summed E-state index contributed by atoms with van der Waals surface area (Å²) in [6, 6.07) is 0. The highest BCUT2D eigenvalue weighted by molar-refractivity contribution is 5.95. The predicted molar refractivity (Wildman–Crippen MR) is 97.7 cm³/mol. The molecule has 1 spiro atoms. The van der Waals surface area contributed by atoms with Crippen LogP contribution in [0, 0.1) is 5.41 Å². The van der Waals surface area contributed by atoms with Gasteiger partial charge < -0.3 is 14.7 Å². The van der Waals surface area contributed by atoms with Crippen molar-refractivity contribution in [2.75, 3.05) is 39.8 Å². The van der Waals surface area contributed by atoms with Crippen LogP contribution in [0.1, 0.15) is 54.4 Å². The molecule has 2 saturated heterocycles. The second-order valence-electron chi connectivity index (χ2n) is 8.17. The van der Waals surface area contributed by atoms with Crippen molar-refractivity contribution in [3.05, 3.63) is 17.0 Å². The second-order valence-corrected chi connectivity index (χ2v) is 8.17. The first-order valence-electron chi connectivity index (χ1n) is 9.87. The molecule has 26 heavy (non-hydrogen) atoms. The molecule has 1 N–H and O–H groups in total. The summed E-state index contributed by atoms with van der Waals surface area (Å²) < 4.78 is 0. The normalized spacial score (nSPS) is 26.6. The molecule has 4 rings (SSSR count). The number of likely N-dealkylation sites (N-methyl/N-ethyl adjacent to an activating group) is 1. The van der Waals surface area contributed by atoms with Crippen LogP contribution in [-0.4, -0.2) is 76.5 Å². The third-order valence-electron chi connectivity index (χ3n) is 6.29. The van der Waals surface area contributed by atoms with Crippen LogP contribution in [0.15, 0.2) is 0 Å². The number of nitrogens with zero attached hydrogens (tertiary/aromatic N) is 4. The number of aromatic amines is 1. The molecule has 7 nitrogen and oxygen atoms in total.